The fraction of sp³-hybridized carbons (Fsp3) is 0.200. The quantitative estimate of drug-likeness (QED) is 0.851. The number of hydrogen-bond donors (Lipinski definition) is 1. The number of ether oxygens (including phenoxy) is 1. The Morgan fingerprint density at radius 1 is 1.30 bits per heavy atom. The molecule has 5 nitrogen and oxygen atoms in total. The highest BCUT2D eigenvalue weighted by Gasteiger charge is 2.16. The van der Waals surface area contributed by atoms with Crippen LogP contribution in [0.5, 0.6) is 5.75 Å². The number of rotatable bonds is 5. The number of aldehydes is 1. The topological polar surface area (TPSA) is 60.3 Å². The van der Waals surface area contributed by atoms with Crippen LogP contribution in [-0.2, 0) is 4.79 Å². The fourth-order valence-electron chi connectivity index (χ4n) is 1.91. The molecule has 0 saturated heterocycles. The Morgan fingerprint density at radius 3 is 2.60 bits per heavy atom. The van der Waals surface area contributed by atoms with E-state index in [4.69, 9.17) is 4.74 Å². The minimum atomic E-state index is -0.465. The maximum Gasteiger partial charge on any atom is 0.247 e. The lowest BCUT2D eigenvalue weighted by atomic mass is 10.2. The molecule has 20 heavy (non-hydrogen) atoms. The van der Waals surface area contributed by atoms with Crippen molar-refractivity contribution in [1.82, 2.24) is 4.57 Å². The third-order valence-electron chi connectivity index (χ3n) is 3.09. The van der Waals surface area contributed by atoms with Gasteiger partial charge in [-0.1, -0.05) is 0 Å². The van der Waals surface area contributed by atoms with Gasteiger partial charge in [-0.2, -0.15) is 0 Å². The van der Waals surface area contributed by atoms with Gasteiger partial charge in [0.15, 0.2) is 6.29 Å². The van der Waals surface area contributed by atoms with E-state index in [2.05, 4.69) is 5.32 Å². The van der Waals surface area contributed by atoms with Crippen molar-refractivity contribution in [2.75, 3.05) is 12.4 Å². The largest absolute Gasteiger partial charge is 0.497 e. The predicted molar refractivity (Wildman–Crippen MR) is 76.2 cm³/mol. The lowest BCUT2D eigenvalue weighted by Crippen LogP contribution is -2.24. The van der Waals surface area contributed by atoms with Crippen LogP contribution in [0, 0.1) is 0 Å². The zero-order valence-electron chi connectivity index (χ0n) is 11.4. The summed E-state index contributed by atoms with van der Waals surface area (Å²) < 4.78 is 6.69. The lowest BCUT2D eigenvalue weighted by molar-refractivity contribution is -0.118. The molecule has 1 amide bonds. The number of carbonyl (C=O) groups excluding carboxylic acids is 2. The molecule has 5 heteroatoms. The molecule has 0 fully saturated rings. The zero-order chi connectivity index (χ0) is 14.5. The van der Waals surface area contributed by atoms with Gasteiger partial charge in [-0.05, 0) is 43.3 Å². The van der Waals surface area contributed by atoms with Gasteiger partial charge in [0.2, 0.25) is 5.91 Å². The van der Waals surface area contributed by atoms with Gasteiger partial charge in [0.25, 0.3) is 0 Å². The van der Waals surface area contributed by atoms with E-state index in [0.29, 0.717) is 11.4 Å². The molecule has 1 atom stereocenters. The van der Waals surface area contributed by atoms with Gasteiger partial charge in [-0.3, -0.25) is 9.59 Å². The number of aromatic nitrogens is 1. The summed E-state index contributed by atoms with van der Waals surface area (Å²) in [6, 6.07) is 10.0. The van der Waals surface area contributed by atoms with Gasteiger partial charge in [0, 0.05) is 11.9 Å². The molecule has 1 aromatic heterocycles. The Bertz CT molecular complexity index is 602. The Morgan fingerprint density at radius 2 is 2.00 bits per heavy atom. The molecule has 2 rings (SSSR count). The van der Waals surface area contributed by atoms with Crippen molar-refractivity contribution < 1.29 is 14.3 Å². The smallest absolute Gasteiger partial charge is 0.247 e. The number of hydrogen-bond acceptors (Lipinski definition) is 3. The first-order valence-corrected chi connectivity index (χ1v) is 6.22. The average Bonchev–Trinajstić information content (AvgIpc) is 2.95. The van der Waals surface area contributed by atoms with Crippen LogP contribution in [0.3, 0.4) is 0 Å². The standard InChI is InChI=1S/C15H16N2O3/c1-11(17-9-3-4-13(17)10-18)15(19)16-12-5-7-14(20-2)8-6-12/h3-11H,1-2H3,(H,16,19). The van der Waals surface area contributed by atoms with E-state index in [1.165, 1.54) is 0 Å². The molecule has 1 unspecified atom stereocenters. The van der Waals surface area contributed by atoms with Gasteiger partial charge in [-0.25, -0.2) is 0 Å². The van der Waals surface area contributed by atoms with E-state index in [0.717, 1.165) is 12.0 Å². The Kier molecular flexibility index (Phi) is 4.20. The highest BCUT2D eigenvalue weighted by Crippen LogP contribution is 2.17. The van der Waals surface area contributed by atoms with Crippen molar-refractivity contribution in [1.29, 1.82) is 0 Å². The summed E-state index contributed by atoms with van der Waals surface area (Å²) in [4.78, 5) is 23.0. The monoisotopic (exact) mass is 272 g/mol. The first-order chi connectivity index (χ1) is 9.65. The molecule has 0 bridgehead atoms. The van der Waals surface area contributed by atoms with Crippen molar-refractivity contribution in [3.8, 4) is 5.75 Å². The third kappa shape index (κ3) is 2.88. The summed E-state index contributed by atoms with van der Waals surface area (Å²) in [5, 5.41) is 2.80. The summed E-state index contributed by atoms with van der Waals surface area (Å²) >= 11 is 0. The van der Waals surface area contributed by atoms with Crippen LogP contribution < -0.4 is 10.1 Å². The molecule has 0 aliphatic rings. The maximum atomic E-state index is 12.2. The van der Waals surface area contributed by atoms with E-state index in [1.54, 1.807) is 61.2 Å². The van der Waals surface area contributed by atoms with E-state index in [1.807, 2.05) is 0 Å². The number of nitrogens with zero attached hydrogens (tertiary/aromatic N) is 1. The average molecular weight is 272 g/mol. The first kappa shape index (κ1) is 13.9. The Balaban J connectivity index is 2.09. The van der Waals surface area contributed by atoms with E-state index in [9.17, 15) is 9.59 Å². The van der Waals surface area contributed by atoms with Crippen molar-refractivity contribution in [3.05, 3.63) is 48.3 Å². The summed E-state index contributed by atoms with van der Waals surface area (Å²) in [6.45, 7) is 1.74. The van der Waals surface area contributed by atoms with Gasteiger partial charge in [-0.15, -0.1) is 0 Å². The maximum absolute atomic E-state index is 12.2. The third-order valence-corrected chi connectivity index (χ3v) is 3.09. The normalized spacial score (nSPS) is 11.7. The number of methoxy groups -OCH3 is 1. The van der Waals surface area contributed by atoms with E-state index >= 15 is 0 Å². The van der Waals surface area contributed by atoms with Crippen LogP contribution >= 0.6 is 0 Å². The van der Waals surface area contributed by atoms with Gasteiger partial charge < -0.3 is 14.6 Å². The number of nitrogens with one attached hydrogen (secondary N) is 1. The highest BCUT2D eigenvalue weighted by molar-refractivity contribution is 5.94. The van der Waals surface area contributed by atoms with Crippen LogP contribution in [0.1, 0.15) is 23.5 Å². The van der Waals surface area contributed by atoms with Gasteiger partial charge in [0.05, 0.1) is 12.8 Å². The molecule has 0 spiro atoms. The van der Waals surface area contributed by atoms with Crippen LogP contribution in [0.4, 0.5) is 5.69 Å². The second kappa shape index (κ2) is 6.06. The zero-order valence-corrected chi connectivity index (χ0v) is 11.4. The van der Waals surface area contributed by atoms with Crippen LogP contribution in [0.15, 0.2) is 42.6 Å². The number of amides is 1. The summed E-state index contributed by atoms with van der Waals surface area (Å²) in [6.07, 6.45) is 2.44. The molecular formula is C15H16N2O3. The molecule has 104 valence electrons. The van der Waals surface area contributed by atoms with Crippen molar-refractivity contribution >= 4 is 17.9 Å². The minimum Gasteiger partial charge on any atom is -0.497 e. The van der Waals surface area contributed by atoms with Crippen molar-refractivity contribution in [2.24, 2.45) is 0 Å². The summed E-state index contributed by atoms with van der Waals surface area (Å²) in [5.74, 6) is 0.541. The summed E-state index contributed by atoms with van der Waals surface area (Å²) in [5.41, 5.74) is 1.16. The summed E-state index contributed by atoms with van der Waals surface area (Å²) in [7, 11) is 1.59. The highest BCUT2D eigenvalue weighted by atomic mass is 16.5. The number of anilines is 1. The van der Waals surface area contributed by atoms with Crippen molar-refractivity contribution in [3.63, 3.8) is 0 Å². The second-order valence-corrected chi connectivity index (χ2v) is 4.35. The Hall–Kier alpha value is -2.56. The van der Waals surface area contributed by atoms with Gasteiger partial charge >= 0.3 is 0 Å². The molecule has 2 aromatic rings. The molecule has 0 saturated carbocycles. The van der Waals surface area contributed by atoms with Crippen molar-refractivity contribution in [2.45, 2.75) is 13.0 Å². The lowest BCUT2D eigenvalue weighted by Gasteiger charge is -2.15. The molecule has 1 heterocycles. The minimum absolute atomic E-state index is 0.186. The van der Waals surface area contributed by atoms with Crippen LogP contribution in [-0.4, -0.2) is 23.9 Å². The van der Waals surface area contributed by atoms with Crippen LogP contribution in [0.25, 0.3) is 0 Å². The van der Waals surface area contributed by atoms with E-state index in [-0.39, 0.29) is 5.91 Å². The fourth-order valence-corrected chi connectivity index (χ4v) is 1.91. The molecule has 0 aliphatic carbocycles. The molecule has 0 radical (unpaired) electrons. The predicted octanol–water partition coefficient (Wildman–Crippen LogP) is 2.51. The SMILES string of the molecule is COc1ccc(NC(=O)C(C)n2cccc2C=O)cc1. The van der Waals surface area contributed by atoms with Gasteiger partial charge in [0.1, 0.15) is 11.8 Å². The second-order valence-electron chi connectivity index (χ2n) is 4.35. The molecule has 0 aliphatic heterocycles. The molecular weight excluding hydrogens is 256 g/mol. The number of benzene rings is 1. The van der Waals surface area contributed by atoms with Crippen LogP contribution in [0.2, 0.25) is 0 Å². The number of carbonyl (C=O) groups is 2. The Labute approximate surface area is 117 Å². The molecule has 1 aromatic carbocycles. The first-order valence-electron chi connectivity index (χ1n) is 6.22. The van der Waals surface area contributed by atoms with E-state index < -0.39 is 6.04 Å². The molecule has 1 N–H and O–H groups in total.